The summed E-state index contributed by atoms with van der Waals surface area (Å²) in [6.07, 6.45) is 2.76. The molecule has 0 saturated heterocycles. The maximum Gasteiger partial charge on any atom is 0.165 e. The van der Waals surface area contributed by atoms with Crippen LogP contribution in [-0.2, 0) is 4.89 Å². The Kier molecular flexibility index (Phi) is 5.43. The minimum absolute atomic E-state index is 0.244. The van der Waals surface area contributed by atoms with Gasteiger partial charge in [-0.05, 0) is 44.7 Å². The standard InChI is InChI=1S/C13H23NO2S/c1-6-7-8-12(16-15)14(5)13-10(3)9(2)11(4)17-13/h12,15H,6-8H2,1-5H3. The van der Waals surface area contributed by atoms with Gasteiger partial charge in [-0.25, -0.2) is 10.1 Å². The second-order valence-electron chi connectivity index (χ2n) is 4.53. The molecule has 0 bridgehead atoms. The number of thiophene rings is 1. The number of rotatable bonds is 6. The second-order valence-corrected chi connectivity index (χ2v) is 5.73. The van der Waals surface area contributed by atoms with Gasteiger partial charge in [-0.15, -0.1) is 11.3 Å². The Bertz CT molecular complexity index is 363. The molecule has 1 aromatic heterocycles. The Balaban J connectivity index is 2.85. The molecule has 0 amide bonds. The first-order valence-electron chi connectivity index (χ1n) is 6.12. The van der Waals surface area contributed by atoms with Gasteiger partial charge in [0, 0.05) is 11.9 Å². The predicted molar refractivity (Wildman–Crippen MR) is 74.0 cm³/mol. The maximum atomic E-state index is 9.01. The molecule has 0 spiro atoms. The normalized spacial score (nSPS) is 12.8. The third-order valence-corrected chi connectivity index (χ3v) is 4.74. The molecule has 98 valence electrons. The number of anilines is 1. The topological polar surface area (TPSA) is 32.7 Å². The number of hydrogen-bond donors (Lipinski definition) is 1. The van der Waals surface area contributed by atoms with Crippen LogP contribution < -0.4 is 4.90 Å². The summed E-state index contributed by atoms with van der Waals surface area (Å²) in [4.78, 5) is 7.97. The molecule has 0 aliphatic rings. The molecule has 1 heterocycles. The van der Waals surface area contributed by atoms with Crippen molar-refractivity contribution in [1.29, 1.82) is 0 Å². The minimum Gasteiger partial charge on any atom is -0.338 e. The van der Waals surface area contributed by atoms with E-state index < -0.39 is 0 Å². The molecule has 0 radical (unpaired) electrons. The summed E-state index contributed by atoms with van der Waals surface area (Å²) < 4.78 is 0. The molecule has 1 rings (SSSR count). The molecule has 0 aliphatic carbocycles. The maximum absolute atomic E-state index is 9.01. The van der Waals surface area contributed by atoms with E-state index in [4.69, 9.17) is 5.26 Å². The van der Waals surface area contributed by atoms with Crippen molar-refractivity contribution in [3.05, 3.63) is 16.0 Å². The summed E-state index contributed by atoms with van der Waals surface area (Å²) >= 11 is 1.76. The summed E-state index contributed by atoms with van der Waals surface area (Å²) in [6, 6.07) is 0. The van der Waals surface area contributed by atoms with Crippen LogP contribution in [-0.4, -0.2) is 18.5 Å². The van der Waals surface area contributed by atoms with Crippen molar-refractivity contribution >= 4 is 16.3 Å². The Morgan fingerprint density at radius 1 is 1.29 bits per heavy atom. The van der Waals surface area contributed by atoms with Crippen LogP contribution in [0, 0.1) is 20.8 Å². The zero-order chi connectivity index (χ0) is 13.0. The van der Waals surface area contributed by atoms with Gasteiger partial charge in [-0.2, -0.15) is 0 Å². The first-order chi connectivity index (χ1) is 8.02. The van der Waals surface area contributed by atoms with Crippen LogP contribution in [0.2, 0.25) is 0 Å². The van der Waals surface area contributed by atoms with Crippen LogP contribution in [0.5, 0.6) is 0 Å². The summed E-state index contributed by atoms with van der Waals surface area (Å²) in [7, 11) is 1.98. The smallest absolute Gasteiger partial charge is 0.165 e. The van der Waals surface area contributed by atoms with Crippen LogP contribution >= 0.6 is 11.3 Å². The zero-order valence-electron chi connectivity index (χ0n) is 11.4. The highest BCUT2D eigenvalue weighted by atomic mass is 32.1. The lowest BCUT2D eigenvalue weighted by molar-refractivity contribution is -0.278. The van der Waals surface area contributed by atoms with E-state index in [1.54, 1.807) is 11.3 Å². The average Bonchev–Trinajstić information content (AvgIpc) is 2.57. The van der Waals surface area contributed by atoms with Gasteiger partial charge in [0.25, 0.3) is 0 Å². The molecule has 0 saturated carbocycles. The van der Waals surface area contributed by atoms with Crippen LogP contribution in [0.1, 0.15) is 42.2 Å². The van der Waals surface area contributed by atoms with Crippen LogP contribution in [0.15, 0.2) is 0 Å². The van der Waals surface area contributed by atoms with E-state index in [1.807, 2.05) is 11.9 Å². The van der Waals surface area contributed by atoms with Gasteiger partial charge in [-0.3, -0.25) is 0 Å². The number of aryl methyl sites for hydroxylation is 1. The van der Waals surface area contributed by atoms with Gasteiger partial charge in [0.1, 0.15) is 0 Å². The lowest BCUT2D eigenvalue weighted by Crippen LogP contribution is -2.33. The van der Waals surface area contributed by atoms with E-state index in [9.17, 15) is 0 Å². The van der Waals surface area contributed by atoms with Gasteiger partial charge in [0.05, 0.1) is 5.00 Å². The van der Waals surface area contributed by atoms with E-state index in [-0.39, 0.29) is 6.23 Å². The second kappa shape index (κ2) is 6.38. The van der Waals surface area contributed by atoms with Crippen molar-refractivity contribution in [2.45, 2.75) is 53.2 Å². The van der Waals surface area contributed by atoms with Crippen molar-refractivity contribution in [3.63, 3.8) is 0 Å². The summed E-state index contributed by atoms with van der Waals surface area (Å²) in [5.41, 5.74) is 2.62. The molecule has 0 aliphatic heterocycles. The molecule has 1 aromatic rings. The highest BCUT2D eigenvalue weighted by molar-refractivity contribution is 7.16. The van der Waals surface area contributed by atoms with Gasteiger partial charge in [-0.1, -0.05) is 13.3 Å². The third kappa shape index (κ3) is 3.21. The van der Waals surface area contributed by atoms with Crippen molar-refractivity contribution in [2.75, 3.05) is 11.9 Å². The molecular weight excluding hydrogens is 234 g/mol. The molecule has 1 unspecified atom stereocenters. The van der Waals surface area contributed by atoms with Crippen molar-refractivity contribution in [3.8, 4) is 0 Å². The highest BCUT2D eigenvalue weighted by Crippen LogP contribution is 2.35. The lowest BCUT2D eigenvalue weighted by atomic mass is 10.1. The van der Waals surface area contributed by atoms with E-state index in [2.05, 4.69) is 32.6 Å². The molecule has 0 fully saturated rings. The van der Waals surface area contributed by atoms with Crippen molar-refractivity contribution in [2.24, 2.45) is 0 Å². The largest absolute Gasteiger partial charge is 0.338 e. The Morgan fingerprint density at radius 3 is 2.35 bits per heavy atom. The summed E-state index contributed by atoms with van der Waals surface area (Å²) in [5, 5.41) is 10.2. The minimum atomic E-state index is -0.244. The molecule has 1 N–H and O–H groups in total. The lowest BCUT2D eigenvalue weighted by Gasteiger charge is -2.26. The summed E-state index contributed by atoms with van der Waals surface area (Å²) in [5.74, 6) is 0. The molecule has 17 heavy (non-hydrogen) atoms. The first kappa shape index (κ1) is 14.5. The average molecular weight is 257 g/mol. The van der Waals surface area contributed by atoms with Gasteiger partial charge in [0.15, 0.2) is 6.23 Å². The highest BCUT2D eigenvalue weighted by Gasteiger charge is 2.20. The molecule has 3 nitrogen and oxygen atoms in total. The fourth-order valence-corrected chi connectivity index (χ4v) is 3.05. The first-order valence-corrected chi connectivity index (χ1v) is 6.94. The molecular formula is C13H23NO2S. The fraction of sp³-hybridized carbons (Fsp3) is 0.692. The summed E-state index contributed by atoms with van der Waals surface area (Å²) in [6.45, 7) is 8.53. The van der Waals surface area contributed by atoms with E-state index >= 15 is 0 Å². The quantitative estimate of drug-likeness (QED) is 0.473. The Labute approximate surface area is 108 Å². The number of nitrogens with zero attached hydrogens (tertiary/aromatic N) is 1. The van der Waals surface area contributed by atoms with Gasteiger partial charge < -0.3 is 4.90 Å². The monoisotopic (exact) mass is 257 g/mol. The van der Waals surface area contributed by atoms with Gasteiger partial charge >= 0.3 is 0 Å². The Hall–Kier alpha value is -0.580. The van der Waals surface area contributed by atoms with Gasteiger partial charge in [0.2, 0.25) is 0 Å². The van der Waals surface area contributed by atoms with Crippen molar-refractivity contribution in [1.82, 2.24) is 0 Å². The molecule has 0 aromatic carbocycles. The van der Waals surface area contributed by atoms with Crippen LogP contribution in [0.25, 0.3) is 0 Å². The zero-order valence-corrected chi connectivity index (χ0v) is 12.2. The fourth-order valence-electron chi connectivity index (χ4n) is 1.89. The third-order valence-electron chi connectivity index (χ3n) is 3.34. The Morgan fingerprint density at radius 2 is 1.94 bits per heavy atom. The van der Waals surface area contributed by atoms with E-state index in [0.717, 1.165) is 19.3 Å². The predicted octanol–water partition coefficient (Wildman–Crippen LogP) is 4.12. The number of hydrogen-bond acceptors (Lipinski definition) is 4. The SMILES string of the molecule is CCCCC(OO)N(C)c1sc(C)c(C)c1C. The number of unbranched alkanes of at least 4 members (excludes halogenated alkanes) is 1. The van der Waals surface area contributed by atoms with E-state index in [0.29, 0.717) is 0 Å². The van der Waals surface area contributed by atoms with Crippen LogP contribution in [0.4, 0.5) is 5.00 Å². The molecule has 1 atom stereocenters. The van der Waals surface area contributed by atoms with Crippen LogP contribution in [0.3, 0.4) is 0 Å². The van der Waals surface area contributed by atoms with Crippen molar-refractivity contribution < 1.29 is 10.1 Å². The van der Waals surface area contributed by atoms with E-state index in [1.165, 1.54) is 21.0 Å². The molecule has 4 heteroatoms.